The number of aryl methyl sites for hydroxylation is 2. The van der Waals surface area contributed by atoms with Crippen molar-refractivity contribution in [1.82, 2.24) is 9.78 Å². The van der Waals surface area contributed by atoms with Gasteiger partial charge in [0.05, 0.1) is 5.69 Å². The van der Waals surface area contributed by atoms with Crippen LogP contribution in [0, 0.1) is 5.82 Å². The largest absolute Gasteiger partial charge is 0.324 e. The van der Waals surface area contributed by atoms with Gasteiger partial charge in [-0.25, -0.2) is 4.39 Å². The van der Waals surface area contributed by atoms with E-state index in [4.69, 9.17) is 5.73 Å². The fraction of sp³-hybridized carbons (Fsp3) is 0.357. The minimum atomic E-state index is -0.267. The molecule has 2 rings (SSSR count). The third kappa shape index (κ3) is 3.22. The van der Waals surface area contributed by atoms with Gasteiger partial charge in [-0.2, -0.15) is 5.10 Å². The van der Waals surface area contributed by atoms with Crippen LogP contribution in [0.1, 0.15) is 29.9 Å². The van der Waals surface area contributed by atoms with Gasteiger partial charge < -0.3 is 5.73 Å². The molecular weight excluding hydrogens is 309 g/mol. The second kappa shape index (κ2) is 5.84. The maximum Gasteiger partial charge on any atom is 0.124 e. The van der Waals surface area contributed by atoms with E-state index in [1.54, 1.807) is 6.07 Å². The second-order valence-corrected chi connectivity index (χ2v) is 5.43. The third-order valence-electron chi connectivity index (χ3n) is 3.18. The minimum Gasteiger partial charge on any atom is -0.324 e. The molecule has 0 bridgehead atoms. The van der Waals surface area contributed by atoms with Crippen molar-refractivity contribution in [2.24, 2.45) is 12.8 Å². The van der Waals surface area contributed by atoms with Crippen LogP contribution in [0.25, 0.3) is 0 Å². The Hall–Kier alpha value is -1.20. The molecule has 1 unspecified atom stereocenters. The van der Waals surface area contributed by atoms with Crippen molar-refractivity contribution in [2.75, 3.05) is 0 Å². The Morgan fingerprint density at radius 3 is 2.74 bits per heavy atom. The average Bonchev–Trinajstić information content (AvgIpc) is 2.70. The average molecular weight is 326 g/mol. The van der Waals surface area contributed by atoms with Gasteiger partial charge in [0.25, 0.3) is 0 Å². The van der Waals surface area contributed by atoms with Gasteiger partial charge in [0.2, 0.25) is 0 Å². The Morgan fingerprint density at radius 2 is 2.16 bits per heavy atom. The molecule has 0 radical (unpaired) electrons. The monoisotopic (exact) mass is 325 g/mol. The first-order chi connectivity index (χ1) is 9.01. The number of aromatic nitrogens is 2. The first-order valence-electron chi connectivity index (χ1n) is 6.23. The fourth-order valence-electron chi connectivity index (χ4n) is 2.07. The van der Waals surface area contributed by atoms with E-state index in [2.05, 4.69) is 34.0 Å². The van der Waals surface area contributed by atoms with Gasteiger partial charge >= 0.3 is 0 Å². The zero-order valence-corrected chi connectivity index (χ0v) is 12.6. The Balaban J connectivity index is 2.20. The lowest BCUT2D eigenvalue weighted by atomic mass is 10.0. The number of nitrogens with two attached hydrogens (primary N) is 1. The highest BCUT2D eigenvalue weighted by Crippen LogP contribution is 2.25. The summed E-state index contributed by atoms with van der Waals surface area (Å²) >= 11 is 3.36. The lowest BCUT2D eigenvalue weighted by Crippen LogP contribution is -2.16. The van der Waals surface area contributed by atoms with Crippen molar-refractivity contribution in [3.63, 3.8) is 0 Å². The lowest BCUT2D eigenvalue weighted by molar-refractivity contribution is 0.616. The topological polar surface area (TPSA) is 43.8 Å². The first kappa shape index (κ1) is 14.2. The highest BCUT2D eigenvalue weighted by Gasteiger charge is 2.14. The standard InChI is InChI=1S/C14H17BrFN3/c1-3-10-7-11(19(2)18-10)8-14(17)12-5-4-9(16)6-13(12)15/h4-7,14H,3,8,17H2,1-2H3. The molecular formula is C14H17BrFN3. The zero-order valence-electron chi connectivity index (χ0n) is 11.0. The number of halogens is 2. The van der Waals surface area contributed by atoms with E-state index >= 15 is 0 Å². The second-order valence-electron chi connectivity index (χ2n) is 4.58. The van der Waals surface area contributed by atoms with Crippen molar-refractivity contribution in [1.29, 1.82) is 0 Å². The number of benzene rings is 1. The summed E-state index contributed by atoms with van der Waals surface area (Å²) < 4.78 is 15.6. The van der Waals surface area contributed by atoms with Gasteiger partial charge in [-0.15, -0.1) is 0 Å². The summed E-state index contributed by atoms with van der Waals surface area (Å²) in [5.74, 6) is -0.267. The van der Waals surface area contributed by atoms with E-state index < -0.39 is 0 Å². The van der Waals surface area contributed by atoms with E-state index in [0.29, 0.717) is 10.9 Å². The van der Waals surface area contributed by atoms with Crippen LogP contribution in [0.4, 0.5) is 4.39 Å². The molecule has 0 aliphatic carbocycles. The molecule has 1 aromatic heterocycles. The summed E-state index contributed by atoms with van der Waals surface area (Å²) in [5, 5.41) is 4.40. The quantitative estimate of drug-likeness (QED) is 0.938. The van der Waals surface area contributed by atoms with Gasteiger partial charge in [0.15, 0.2) is 0 Å². The molecule has 0 amide bonds. The van der Waals surface area contributed by atoms with Crippen LogP contribution in [0.5, 0.6) is 0 Å². The molecule has 19 heavy (non-hydrogen) atoms. The molecule has 0 saturated carbocycles. The van der Waals surface area contributed by atoms with E-state index in [0.717, 1.165) is 23.4 Å². The van der Waals surface area contributed by atoms with Crippen LogP contribution >= 0.6 is 15.9 Å². The van der Waals surface area contributed by atoms with Crippen LogP contribution in [-0.2, 0) is 19.9 Å². The number of hydrogen-bond donors (Lipinski definition) is 1. The smallest absolute Gasteiger partial charge is 0.124 e. The molecule has 1 aromatic carbocycles. The summed E-state index contributed by atoms with van der Waals surface area (Å²) in [6.45, 7) is 2.07. The lowest BCUT2D eigenvalue weighted by Gasteiger charge is -2.14. The Kier molecular flexibility index (Phi) is 4.37. The molecule has 0 aliphatic rings. The molecule has 0 fully saturated rings. The summed E-state index contributed by atoms with van der Waals surface area (Å²) in [5.41, 5.74) is 9.25. The summed E-state index contributed by atoms with van der Waals surface area (Å²) in [6, 6.07) is 6.48. The minimum absolute atomic E-state index is 0.185. The predicted molar refractivity (Wildman–Crippen MR) is 77.3 cm³/mol. The summed E-state index contributed by atoms with van der Waals surface area (Å²) in [4.78, 5) is 0. The highest BCUT2D eigenvalue weighted by atomic mass is 79.9. The van der Waals surface area contributed by atoms with Gasteiger partial charge in [-0.3, -0.25) is 4.68 Å². The van der Waals surface area contributed by atoms with Gasteiger partial charge in [-0.05, 0) is 30.2 Å². The van der Waals surface area contributed by atoms with Gasteiger partial charge in [0, 0.05) is 29.7 Å². The first-order valence-corrected chi connectivity index (χ1v) is 7.03. The van der Waals surface area contributed by atoms with E-state index in [1.165, 1.54) is 12.1 Å². The van der Waals surface area contributed by atoms with Gasteiger partial charge in [0.1, 0.15) is 5.82 Å². The van der Waals surface area contributed by atoms with Crippen molar-refractivity contribution >= 4 is 15.9 Å². The van der Waals surface area contributed by atoms with Crippen molar-refractivity contribution in [2.45, 2.75) is 25.8 Å². The Labute approximate surface area is 120 Å². The van der Waals surface area contributed by atoms with Gasteiger partial charge in [-0.1, -0.05) is 28.9 Å². The molecule has 1 atom stereocenters. The Bertz CT molecular complexity index is 580. The molecule has 2 aromatic rings. The molecule has 5 heteroatoms. The summed E-state index contributed by atoms with van der Waals surface area (Å²) in [6.07, 6.45) is 1.58. The number of nitrogens with zero attached hydrogens (tertiary/aromatic N) is 2. The molecule has 102 valence electrons. The van der Waals surface area contributed by atoms with Crippen molar-refractivity contribution in [3.05, 3.63) is 51.5 Å². The molecule has 2 N–H and O–H groups in total. The molecule has 0 saturated heterocycles. The van der Waals surface area contributed by atoms with Crippen LogP contribution in [-0.4, -0.2) is 9.78 Å². The SMILES string of the molecule is CCc1cc(CC(N)c2ccc(F)cc2Br)n(C)n1. The van der Waals surface area contributed by atoms with E-state index in [-0.39, 0.29) is 11.9 Å². The predicted octanol–water partition coefficient (Wildman–Crippen LogP) is 3.13. The highest BCUT2D eigenvalue weighted by molar-refractivity contribution is 9.10. The Morgan fingerprint density at radius 1 is 1.42 bits per heavy atom. The van der Waals surface area contributed by atoms with Crippen LogP contribution in [0.2, 0.25) is 0 Å². The number of hydrogen-bond acceptors (Lipinski definition) is 2. The zero-order chi connectivity index (χ0) is 14.0. The molecule has 1 heterocycles. The molecule has 3 nitrogen and oxygen atoms in total. The van der Waals surface area contributed by atoms with E-state index in [9.17, 15) is 4.39 Å². The molecule has 0 spiro atoms. The normalized spacial score (nSPS) is 12.7. The molecule has 0 aliphatic heterocycles. The van der Waals surface area contributed by atoms with Crippen LogP contribution < -0.4 is 5.73 Å². The number of rotatable bonds is 4. The fourth-order valence-corrected chi connectivity index (χ4v) is 2.72. The summed E-state index contributed by atoms with van der Waals surface area (Å²) in [7, 11) is 1.92. The van der Waals surface area contributed by atoms with Crippen LogP contribution in [0.3, 0.4) is 0 Å². The van der Waals surface area contributed by atoms with Crippen molar-refractivity contribution in [3.8, 4) is 0 Å². The van der Waals surface area contributed by atoms with Crippen LogP contribution in [0.15, 0.2) is 28.7 Å². The van der Waals surface area contributed by atoms with E-state index in [1.807, 2.05) is 11.7 Å². The van der Waals surface area contributed by atoms with Crippen molar-refractivity contribution < 1.29 is 4.39 Å². The third-order valence-corrected chi connectivity index (χ3v) is 3.87. The maximum atomic E-state index is 13.1. The maximum absolute atomic E-state index is 13.1.